The third-order valence-electron chi connectivity index (χ3n) is 1.95. The van der Waals surface area contributed by atoms with E-state index in [1.807, 2.05) is 13.0 Å². The second kappa shape index (κ2) is 5.74. The predicted molar refractivity (Wildman–Crippen MR) is 70.1 cm³/mol. The second-order valence-corrected chi connectivity index (χ2v) is 5.55. The molecular weight excluding hydrogens is 272 g/mol. The molecule has 0 aliphatic heterocycles. The van der Waals surface area contributed by atoms with Crippen LogP contribution in [0.5, 0.6) is 0 Å². The molecule has 0 fully saturated rings. The molecule has 94 valence electrons. The first kappa shape index (κ1) is 12.7. The number of carbonyl (C=O) groups is 2. The van der Waals surface area contributed by atoms with Crippen molar-refractivity contribution < 1.29 is 14.3 Å². The Hall–Kier alpha value is -1.73. The number of ether oxygens (including phenoxy) is 1. The minimum atomic E-state index is -0.484. The zero-order valence-electron chi connectivity index (χ0n) is 9.50. The van der Waals surface area contributed by atoms with Crippen LogP contribution in [0.25, 0.3) is 0 Å². The summed E-state index contributed by atoms with van der Waals surface area (Å²) in [5.41, 5.74) is 0. The maximum Gasteiger partial charge on any atom is 0.348 e. The van der Waals surface area contributed by atoms with Gasteiger partial charge in [0.25, 0.3) is 5.91 Å². The number of hydrogen-bond donors (Lipinski definition) is 1. The van der Waals surface area contributed by atoms with Gasteiger partial charge in [-0.25, -0.2) is 9.78 Å². The number of amides is 1. The van der Waals surface area contributed by atoms with Gasteiger partial charge in [-0.1, -0.05) is 0 Å². The van der Waals surface area contributed by atoms with Crippen LogP contribution in [0.1, 0.15) is 14.5 Å². The van der Waals surface area contributed by atoms with Crippen LogP contribution in [-0.2, 0) is 9.53 Å². The number of thiazole rings is 1. The molecule has 5 nitrogen and oxygen atoms in total. The lowest BCUT2D eigenvalue weighted by atomic mass is 10.4. The van der Waals surface area contributed by atoms with Gasteiger partial charge in [0.1, 0.15) is 4.88 Å². The largest absolute Gasteiger partial charge is 0.451 e. The molecule has 0 saturated heterocycles. The number of aryl methyl sites for hydroxylation is 1. The molecule has 0 radical (unpaired) electrons. The Morgan fingerprint density at radius 1 is 1.44 bits per heavy atom. The molecule has 2 heterocycles. The lowest BCUT2D eigenvalue weighted by molar-refractivity contribution is -0.119. The molecule has 7 heteroatoms. The Kier molecular flexibility index (Phi) is 4.06. The van der Waals surface area contributed by atoms with Gasteiger partial charge >= 0.3 is 5.97 Å². The smallest absolute Gasteiger partial charge is 0.348 e. The van der Waals surface area contributed by atoms with E-state index in [0.29, 0.717) is 10.0 Å². The van der Waals surface area contributed by atoms with Crippen molar-refractivity contribution in [2.45, 2.75) is 6.92 Å². The number of aromatic nitrogens is 1. The monoisotopic (exact) mass is 282 g/mol. The molecule has 0 saturated carbocycles. The van der Waals surface area contributed by atoms with Crippen molar-refractivity contribution >= 4 is 39.7 Å². The number of esters is 1. The van der Waals surface area contributed by atoms with Crippen LogP contribution >= 0.6 is 22.7 Å². The first-order chi connectivity index (χ1) is 8.65. The van der Waals surface area contributed by atoms with E-state index < -0.39 is 11.9 Å². The lowest BCUT2D eigenvalue weighted by Crippen LogP contribution is -2.20. The van der Waals surface area contributed by atoms with E-state index in [4.69, 9.17) is 4.74 Å². The summed E-state index contributed by atoms with van der Waals surface area (Å²) in [4.78, 5) is 28.4. The third-order valence-corrected chi connectivity index (χ3v) is 3.62. The molecular formula is C11H10N2O3S2. The van der Waals surface area contributed by atoms with Crippen molar-refractivity contribution in [3.05, 3.63) is 33.5 Å². The van der Waals surface area contributed by atoms with E-state index in [2.05, 4.69) is 10.3 Å². The van der Waals surface area contributed by atoms with Gasteiger partial charge in [0.2, 0.25) is 0 Å². The summed E-state index contributed by atoms with van der Waals surface area (Å²) in [6, 6.07) is 3.51. The summed E-state index contributed by atoms with van der Waals surface area (Å²) in [5.74, 6) is -0.881. The number of anilines is 1. The van der Waals surface area contributed by atoms with Crippen molar-refractivity contribution in [3.63, 3.8) is 0 Å². The zero-order chi connectivity index (χ0) is 13.0. The normalized spacial score (nSPS) is 10.1. The van der Waals surface area contributed by atoms with Crippen LogP contribution in [0.15, 0.2) is 23.7 Å². The van der Waals surface area contributed by atoms with Crippen LogP contribution in [0.4, 0.5) is 5.13 Å². The van der Waals surface area contributed by atoms with Gasteiger partial charge in [-0.2, -0.15) is 0 Å². The molecule has 0 aromatic carbocycles. The zero-order valence-corrected chi connectivity index (χ0v) is 11.1. The number of carbonyl (C=O) groups excluding carboxylic acids is 2. The quantitative estimate of drug-likeness (QED) is 0.874. The number of nitrogens with one attached hydrogen (secondary N) is 1. The summed E-state index contributed by atoms with van der Waals surface area (Å²) in [5, 5.41) is 4.76. The Labute approximate surface area is 111 Å². The van der Waals surface area contributed by atoms with E-state index >= 15 is 0 Å². The SMILES string of the molecule is Cc1ccc(C(=O)OCC(=O)Nc2nccs2)s1. The molecule has 2 rings (SSSR count). The van der Waals surface area contributed by atoms with Gasteiger partial charge < -0.3 is 4.74 Å². The molecule has 18 heavy (non-hydrogen) atoms. The lowest BCUT2D eigenvalue weighted by Gasteiger charge is -2.02. The van der Waals surface area contributed by atoms with Gasteiger partial charge in [-0.05, 0) is 19.1 Å². The van der Waals surface area contributed by atoms with Crippen molar-refractivity contribution in [2.75, 3.05) is 11.9 Å². The molecule has 2 aromatic heterocycles. The molecule has 0 unspecified atom stereocenters. The number of hydrogen-bond acceptors (Lipinski definition) is 6. The number of thiophene rings is 1. The number of nitrogens with zero attached hydrogens (tertiary/aromatic N) is 1. The second-order valence-electron chi connectivity index (χ2n) is 3.37. The van der Waals surface area contributed by atoms with E-state index in [9.17, 15) is 9.59 Å². The van der Waals surface area contributed by atoms with Gasteiger partial charge in [0.05, 0.1) is 0 Å². The molecule has 0 aliphatic carbocycles. The minimum Gasteiger partial charge on any atom is -0.451 e. The fourth-order valence-electron chi connectivity index (χ4n) is 1.19. The minimum absolute atomic E-state index is 0.310. The highest BCUT2D eigenvalue weighted by Crippen LogP contribution is 2.16. The highest BCUT2D eigenvalue weighted by molar-refractivity contribution is 7.14. The van der Waals surface area contributed by atoms with Crippen molar-refractivity contribution in [3.8, 4) is 0 Å². The molecule has 0 aliphatic rings. The van der Waals surface area contributed by atoms with Crippen LogP contribution < -0.4 is 5.32 Å². The molecule has 0 atom stereocenters. The first-order valence-corrected chi connectivity index (χ1v) is 6.77. The first-order valence-electron chi connectivity index (χ1n) is 5.08. The van der Waals surface area contributed by atoms with E-state index in [1.54, 1.807) is 17.6 Å². The van der Waals surface area contributed by atoms with E-state index in [-0.39, 0.29) is 6.61 Å². The summed E-state index contributed by atoms with van der Waals surface area (Å²) >= 11 is 2.64. The van der Waals surface area contributed by atoms with Crippen LogP contribution in [0.3, 0.4) is 0 Å². The average molecular weight is 282 g/mol. The van der Waals surface area contributed by atoms with Crippen LogP contribution in [0.2, 0.25) is 0 Å². The van der Waals surface area contributed by atoms with Gasteiger partial charge in [-0.3, -0.25) is 10.1 Å². The summed E-state index contributed by atoms with van der Waals surface area (Å²) < 4.78 is 4.89. The molecule has 2 aromatic rings. The van der Waals surface area contributed by atoms with Crippen molar-refractivity contribution in [1.82, 2.24) is 4.98 Å². The summed E-state index contributed by atoms with van der Waals surface area (Å²) in [6.45, 7) is 1.59. The maximum absolute atomic E-state index is 11.6. The van der Waals surface area contributed by atoms with E-state index in [0.717, 1.165) is 4.88 Å². The predicted octanol–water partition coefficient (Wildman–Crippen LogP) is 2.31. The van der Waals surface area contributed by atoms with Gasteiger partial charge in [-0.15, -0.1) is 22.7 Å². The van der Waals surface area contributed by atoms with Gasteiger partial charge in [0, 0.05) is 16.5 Å². The molecule has 1 amide bonds. The third kappa shape index (κ3) is 3.38. The summed E-state index contributed by atoms with van der Waals surface area (Å²) in [7, 11) is 0. The Morgan fingerprint density at radius 3 is 2.89 bits per heavy atom. The fourth-order valence-corrected chi connectivity index (χ4v) is 2.49. The average Bonchev–Trinajstić information content (AvgIpc) is 2.97. The Bertz CT molecular complexity index is 548. The Morgan fingerprint density at radius 2 is 2.28 bits per heavy atom. The summed E-state index contributed by atoms with van der Waals surface area (Å²) in [6.07, 6.45) is 1.58. The van der Waals surface area contributed by atoms with Crippen molar-refractivity contribution in [1.29, 1.82) is 0 Å². The molecule has 0 spiro atoms. The van der Waals surface area contributed by atoms with E-state index in [1.165, 1.54) is 22.7 Å². The standard InChI is InChI=1S/C11H10N2O3S2/c1-7-2-3-8(18-7)10(15)16-6-9(14)13-11-12-4-5-17-11/h2-5H,6H2,1H3,(H,12,13,14). The van der Waals surface area contributed by atoms with Crippen molar-refractivity contribution in [2.24, 2.45) is 0 Å². The Balaban J connectivity index is 1.81. The highest BCUT2D eigenvalue weighted by Gasteiger charge is 2.12. The molecule has 1 N–H and O–H groups in total. The fraction of sp³-hybridized carbons (Fsp3) is 0.182. The highest BCUT2D eigenvalue weighted by atomic mass is 32.1. The van der Waals surface area contributed by atoms with Gasteiger partial charge in [0.15, 0.2) is 11.7 Å². The van der Waals surface area contributed by atoms with Crippen LogP contribution in [0, 0.1) is 6.92 Å². The topological polar surface area (TPSA) is 68.3 Å². The number of rotatable bonds is 4. The molecule has 0 bridgehead atoms. The maximum atomic E-state index is 11.6. The van der Waals surface area contributed by atoms with Crippen LogP contribution in [-0.4, -0.2) is 23.5 Å².